The van der Waals surface area contributed by atoms with E-state index in [1.54, 1.807) is 17.0 Å². The minimum absolute atomic E-state index is 0.0475. The Labute approximate surface area is 176 Å². The van der Waals surface area contributed by atoms with Crippen LogP contribution in [0.4, 0.5) is 15.8 Å². The lowest BCUT2D eigenvalue weighted by molar-refractivity contribution is -0.384. The van der Waals surface area contributed by atoms with Crippen molar-refractivity contribution in [1.82, 2.24) is 4.90 Å². The van der Waals surface area contributed by atoms with Crippen LogP contribution in [0.15, 0.2) is 36.4 Å². The van der Waals surface area contributed by atoms with Crippen LogP contribution < -0.4 is 9.64 Å². The third-order valence-corrected chi connectivity index (χ3v) is 5.10. The molecular formula is C20H19ClFN3O5. The fourth-order valence-electron chi connectivity index (χ4n) is 3.13. The molecule has 1 aliphatic heterocycles. The van der Waals surface area contributed by atoms with Gasteiger partial charge in [-0.1, -0.05) is 11.6 Å². The fraction of sp³-hybridized carbons (Fsp3) is 0.300. The molecule has 0 atom stereocenters. The first-order valence-corrected chi connectivity index (χ1v) is 9.54. The van der Waals surface area contributed by atoms with Crippen molar-refractivity contribution in [3.63, 3.8) is 0 Å². The first kappa shape index (κ1) is 21.5. The first-order chi connectivity index (χ1) is 14.3. The van der Waals surface area contributed by atoms with Crippen molar-refractivity contribution in [3.05, 3.63) is 62.9 Å². The molecule has 30 heavy (non-hydrogen) atoms. The third-order valence-electron chi connectivity index (χ3n) is 4.80. The average molecular weight is 436 g/mol. The summed E-state index contributed by atoms with van der Waals surface area (Å²) in [6, 6.07) is 8.13. The number of piperazine rings is 1. The van der Waals surface area contributed by atoms with Gasteiger partial charge in [-0.15, -0.1) is 0 Å². The smallest absolute Gasteiger partial charge is 0.271 e. The number of rotatable bonds is 6. The maximum absolute atomic E-state index is 14.3. The van der Waals surface area contributed by atoms with Gasteiger partial charge in [0.15, 0.2) is 12.4 Å². The second-order valence-electron chi connectivity index (χ2n) is 6.75. The molecule has 0 aliphatic carbocycles. The van der Waals surface area contributed by atoms with E-state index in [9.17, 15) is 24.1 Å². The number of nitro benzene ring substituents is 1. The molecule has 0 saturated carbocycles. The Kier molecular flexibility index (Phi) is 6.51. The van der Waals surface area contributed by atoms with E-state index in [0.717, 1.165) is 6.07 Å². The predicted molar refractivity (Wildman–Crippen MR) is 109 cm³/mol. The van der Waals surface area contributed by atoms with Crippen LogP contribution in [0, 0.1) is 15.9 Å². The van der Waals surface area contributed by atoms with Crippen LogP contribution in [0.3, 0.4) is 0 Å². The SMILES string of the molecule is CC(=O)c1ccc(N2CCN(C(=O)COc3ccc([N+](=O)[O-])cc3Cl)CC2)c(F)c1. The molecule has 158 valence electrons. The zero-order valence-corrected chi connectivity index (χ0v) is 16.9. The molecule has 1 saturated heterocycles. The molecule has 0 unspecified atom stereocenters. The Morgan fingerprint density at radius 1 is 1.17 bits per heavy atom. The number of nitrogens with zero attached hydrogens (tertiary/aromatic N) is 3. The molecule has 1 fully saturated rings. The quantitative estimate of drug-likeness (QED) is 0.392. The third kappa shape index (κ3) is 4.85. The van der Waals surface area contributed by atoms with Crippen molar-refractivity contribution in [1.29, 1.82) is 0 Å². The van der Waals surface area contributed by atoms with Crippen LogP contribution in [0.5, 0.6) is 5.75 Å². The average Bonchev–Trinajstić information content (AvgIpc) is 2.72. The van der Waals surface area contributed by atoms with Crippen molar-refractivity contribution in [3.8, 4) is 5.75 Å². The number of amides is 1. The van der Waals surface area contributed by atoms with Gasteiger partial charge in [-0.3, -0.25) is 19.7 Å². The number of non-ortho nitro benzene ring substituents is 1. The molecule has 2 aromatic carbocycles. The molecule has 0 bridgehead atoms. The van der Waals surface area contributed by atoms with E-state index in [1.807, 2.05) is 4.90 Å². The maximum atomic E-state index is 14.3. The topological polar surface area (TPSA) is 93.0 Å². The lowest BCUT2D eigenvalue weighted by Crippen LogP contribution is -2.50. The highest BCUT2D eigenvalue weighted by Gasteiger charge is 2.24. The van der Waals surface area contributed by atoms with Gasteiger partial charge >= 0.3 is 0 Å². The molecule has 0 spiro atoms. The first-order valence-electron chi connectivity index (χ1n) is 9.16. The van der Waals surface area contributed by atoms with Gasteiger partial charge in [0.05, 0.1) is 15.6 Å². The molecule has 2 aromatic rings. The summed E-state index contributed by atoms with van der Waals surface area (Å²) in [6.45, 7) is 2.73. The van der Waals surface area contributed by atoms with E-state index < -0.39 is 10.7 Å². The van der Waals surface area contributed by atoms with Gasteiger partial charge in [-0.05, 0) is 31.2 Å². The lowest BCUT2D eigenvalue weighted by Gasteiger charge is -2.36. The maximum Gasteiger partial charge on any atom is 0.271 e. The Balaban J connectivity index is 1.54. The zero-order chi connectivity index (χ0) is 21.8. The normalized spacial score (nSPS) is 13.8. The summed E-state index contributed by atoms with van der Waals surface area (Å²) in [6.07, 6.45) is 0. The van der Waals surface area contributed by atoms with E-state index >= 15 is 0 Å². The lowest BCUT2D eigenvalue weighted by atomic mass is 10.1. The molecule has 1 heterocycles. The molecule has 1 aliphatic rings. The van der Waals surface area contributed by atoms with Gasteiger partial charge in [0.1, 0.15) is 11.6 Å². The zero-order valence-electron chi connectivity index (χ0n) is 16.1. The Morgan fingerprint density at radius 2 is 1.87 bits per heavy atom. The number of nitro groups is 1. The van der Waals surface area contributed by atoms with Crippen molar-refractivity contribution >= 4 is 34.7 Å². The summed E-state index contributed by atoms with van der Waals surface area (Å²) in [7, 11) is 0. The highest BCUT2D eigenvalue weighted by Crippen LogP contribution is 2.28. The van der Waals surface area contributed by atoms with Gasteiger partial charge in [0.25, 0.3) is 11.6 Å². The monoisotopic (exact) mass is 435 g/mol. The molecule has 0 radical (unpaired) electrons. The number of ketones is 1. The van der Waals surface area contributed by atoms with Crippen LogP contribution in [-0.2, 0) is 4.79 Å². The van der Waals surface area contributed by atoms with E-state index in [4.69, 9.17) is 16.3 Å². The van der Waals surface area contributed by atoms with Gasteiger partial charge in [-0.2, -0.15) is 0 Å². The Morgan fingerprint density at radius 3 is 2.43 bits per heavy atom. The number of halogens is 2. The van der Waals surface area contributed by atoms with Gasteiger partial charge in [0, 0.05) is 43.9 Å². The number of carbonyl (C=O) groups is 2. The summed E-state index contributed by atoms with van der Waals surface area (Å²) >= 11 is 5.96. The molecule has 0 N–H and O–H groups in total. The van der Waals surface area contributed by atoms with Gasteiger partial charge in [0.2, 0.25) is 0 Å². The van der Waals surface area contributed by atoms with Gasteiger partial charge < -0.3 is 14.5 Å². The van der Waals surface area contributed by atoms with Crippen molar-refractivity contribution in [2.45, 2.75) is 6.92 Å². The number of carbonyl (C=O) groups excluding carboxylic acids is 2. The van der Waals surface area contributed by atoms with Crippen LogP contribution in [0.2, 0.25) is 5.02 Å². The van der Waals surface area contributed by atoms with E-state index in [-0.39, 0.29) is 34.8 Å². The number of benzene rings is 2. The number of hydrogen-bond acceptors (Lipinski definition) is 6. The van der Waals surface area contributed by atoms with Crippen LogP contribution >= 0.6 is 11.6 Å². The number of ether oxygens (including phenoxy) is 1. The molecule has 8 nitrogen and oxygen atoms in total. The van der Waals surface area contributed by atoms with Gasteiger partial charge in [-0.25, -0.2) is 4.39 Å². The summed E-state index contributed by atoms with van der Waals surface area (Å²) in [5.41, 5.74) is 0.534. The van der Waals surface area contributed by atoms with E-state index in [2.05, 4.69) is 0 Å². The summed E-state index contributed by atoms with van der Waals surface area (Å²) < 4.78 is 19.7. The molecule has 0 aromatic heterocycles. The number of Topliss-reactive ketones (excluding diaryl/α,β-unsaturated/α-hetero) is 1. The summed E-state index contributed by atoms with van der Waals surface area (Å²) in [5, 5.41) is 10.8. The standard InChI is InChI=1S/C20H19ClFN3O5/c1-13(26)14-2-4-18(17(22)10-14)23-6-8-24(9-7-23)20(27)12-30-19-5-3-15(25(28)29)11-16(19)21/h2-5,10-11H,6-9,12H2,1H3. The second kappa shape index (κ2) is 9.08. The molecule has 1 amide bonds. The highest BCUT2D eigenvalue weighted by molar-refractivity contribution is 6.32. The molecular weight excluding hydrogens is 417 g/mol. The van der Waals surface area contributed by atoms with Crippen LogP contribution in [-0.4, -0.2) is 54.3 Å². The van der Waals surface area contributed by atoms with Crippen LogP contribution in [0.25, 0.3) is 0 Å². The summed E-state index contributed by atoms with van der Waals surface area (Å²) in [5.74, 6) is -0.763. The number of anilines is 1. The Hall–Kier alpha value is -3.20. The minimum Gasteiger partial charge on any atom is -0.482 e. The fourth-order valence-corrected chi connectivity index (χ4v) is 3.36. The molecule has 3 rings (SSSR count). The van der Waals surface area contributed by atoms with Crippen molar-refractivity contribution in [2.24, 2.45) is 0 Å². The Bertz CT molecular complexity index is 992. The summed E-state index contributed by atoms with van der Waals surface area (Å²) in [4.78, 5) is 37.3. The van der Waals surface area contributed by atoms with E-state index in [1.165, 1.54) is 25.1 Å². The number of hydrogen-bond donors (Lipinski definition) is 0. The van der Waals surface area contributed by atoms with Crippen LogP contribution in [0.1, 0.15) is 17.3 Å². The predicted octanol–water partition coefficient (Wildman–Crippen LogP) is 3.32. The van der Waals surface area contributed by atoms with E-state index in [0.29, 0.717) is 37.4 Å². The van der Waals surface area contributed by atoms with Crippen molar-refractivity contribution in [2.75, 3.05) is 37.7 Å². The molecule has 10 heteroatoms. The largest absolute Gasteiger partial charge is 0.482 e. The second-order valence-corrected chi connectivity index (χ2v) is 7.16. The minimum atomic E-state index is -0.573. The van der Waals surface area contributed by atoms with Crippen molar-refractivity contribution < 1.29 is 23.6 Å². The highest BCUT2D eigenvalue weighted by atomic mass is 35.5.